The van der Waals surface area contributed by atoms with E-state index in [4.69, 9.17) is 9.72 Å². The van der Waals surface area contributed by atoms with Crippen LogP contribution in [0.4, 0.5) is 4.79 Å². The van der Waals surface area contributed by atoms with Gasteiger partial charge < -0.3 is 4.74 Å². The van der Waals surface area contributed by atoms with E-state index < -0.39 is 5.60 Å². The lowest BCUT2D eigenvalue weighted by Gasteiger charge is -2.35. The van der Waals surface area contributed by atoms with Crippen molar-refractivity contribution in [1.29, 1.82) is 0 Å². The summed E-state index contributed by atoms with van der Waals surface area (Å²) in [6.45, 7) is 6.44. The van der Waals surface area contributed by atoms with Gasteiger partial charge in [-0.05, 0) is 68.1 Å². The molecule has 0 spiro atoms. The molecule has 1 aliphatic heterocycles. The predicted molar refractivity (Wildman–Crippen MR) is 103 cm³/mol. The van der Waals surface area contributed by atoms with Crippen LogP contribution in [0.15, 0.2) is 21.3 Å². The van der Waals surface area contributed by atoms with E-state index >= 15 is 0 Å². The second kappa shape index (κ2) is 7.14. The van der Waals surface area contributed by atoms with Crippen molar-refractivity contribution in [3.8, 4) is 10.6 Å². The minimum atomic E-state index is -0.476. The molecule has 0 N–H and O–H groups in total. The number of likely N-dealkylation sites (tertiary alicyclic amines) is 1. The molecule has 2 aromatic rings. The number of thiophene rings is 1. The fourth-order valence-corrected chi connectivity index (χ4v) is 5.12. The molecule has 3 rings (SSSR count). The molecule has 1 atom stereocenters. The summed E-state index contributed by atoms with van der Waals surface area (Å²) < 4.78 is 6.68. The summed E-state index contributed by atoms with van der Waals surface area (Å²) in [5.41, 5.74) is 0.511. The number of ether oxygens (including phenoxy) is 1. The molecule has 0 bridgehead atoms. The van der Waals surface area contributed by atoms with E-state index in [9.17, 15) is 4.79 Å². The van der Waals surface area contributed by atoms with Gasteiger partial charge in [0.25, 0.3) is 0 Å². The van der Waals surface area contributed by atoms with Gasteiger partial charge in [-0.1, -0.05) is 0 Å². The molecule has 1 amide bonds. The number of carbonyl (C=O) groups is 1. The first-order valence-corrected chi connectivity index (χ1v) is 10.5. The van der Waals surface area contributed by atoms with Gasteiger partial charge in [0.2, 0.25) is 0 Å². The van der Waals surface area contributed by atoms with Crippen molar-refractivity contribution < 1.29 is 9.53 Å². The molecule has 130 valence electrons. The Morgan fingerprint density at radius 1 is 1.38 bits per heavy atom. The zero-order valence-electron chi connectivity index (χ0n) is 14.0. The van der Waals surface area contributed by atoms with Crippen molar-refractivity contribution in [2.75, 3.05) is 6.54 Å². The molecule has 1 fully saturated rings. The molecule has 0 aliphatic carbocycles. The Balaban J connectivity index is 1.81. The summed E-state index contributed by atoms with van der Waals surface area (Å²) in [5.74, 6) is 0. The van der Waals surface area contributed by atoms with Crippen LogP contribution in [0.2, 0.25) is 0 Å². The first-order chi connectivity index (χ1) is 11.3. The van der Waals surface area contributed by atoms with Crippen LogP contribution in [-0.4, -0.2) is 28.1 Å². The van der Waals surface area contributed by atoms with E-state index in [1.807, 2.05) is 31.7 Å². The SMILES string of the molecule is CC(C)(C)OC(=O)N1CCCCC1c1nc(-c2ccc(Br)s2)cs1. The Bertz CT molecular complexity index is 720. The molecular weight excluding hydrogens is 408 g/mol. The zero-order chi connectivity index (χ0) is 17.3. The van der Waals surface area contributed by atoms with Gasteiger partial charge in [0, 0.05) is 11.9 Å². The van der Waals surface area contributed by atoms with Gasteiger partial charge >= 0.3 is 6.09 Å². The highest BCUT2D eigenvalue weighted by molar-refractivity contribution is 9.11. The smallest absolute Gasteiger partial charge is 0.410 e. The average Bonchev–Trinajstić information content (AvgIpc) is 3.14. The van der Waals surface area contributed by atoms with Gasteiger partial charge in [0.05, 0.1) is 20.4 Å². The minimum Gasteiger partial charge on any atom is -0.444 e. The number of amides is 1. The Morgan fingerprint density at radius 2 is 2.17 bits per heavy atom. The third-order valence-electron chi connectivity index (χ3n) is 3.76. The normalized spacial score (nSPS) is 18.7. The zero-order valence-corrected chi connectivity index (χ0v) is 17.3. The maximum Gasteiger partial charge on any atom is 0.410 e. The Morgan fingerprint density at radius 3 is 2.83 bits per heavy atom. The lowest BCUT2D eigenvalue weighted by atomic mass is 10.0. The number of aromatic nitrogens is 1. The number of piperidine rings is 1. The second-order valence-electron chi connectivity index (χ2n) is 6.86. The van der Waals surface area contributed by atoms with E-state index in [1.165, 1.54) is 0 Å². The van der Waals surface area contributed by atoms with Crippen LogP contribution in [0.25, 0.3) is 10.6 Å². The Labute approximate surface area is 159 Å². The topological polar surface area (TPSA) is 42.4 Å². The van der Waals surface area contributed by atoms with Crippen molar-refractivity contribution in [2.24, 2.45) is 0 Å². The van der Waals surface area contributed by atoms with E-state index in [2.05, 4.69) is 27.4 Å². The summed E-state index contributed by atoms with van der Waals surface area (Å²) in [4.78, 5) is 20.4. The molecular formula is C17H21BrN2O2S2. The van der Waals surface area contributed by atoms with Gasteiger partial charge in [0.1, 0.15) is 10.6 Å². The van der Waals surface area contributed by atoms with E-state index in [0.717, 1.165) is 45.2 Å². The van der Waals surface area contributed by atoms with Crippen LogP contribution < -0.4 is 0 Å². The molecule has 0 saturated carbocycles. The maximum atomic E-state index is 12.6. The molecule has 2 aromatic heterocycles. The lowest BCUT2D eigenvalue weighted by Crippen LogP contribution is -2.41. The maximum absolute atomic E-state index is 12.6. The largest absolute Gasteiger partial charge is 0.444 e. The quantitative estimate of drug-likeness (QED) is 0.580. The number of halogens is 1. The highest BCUT2D eigenvalue weighted by Gasteiger charge is 2.33. The first kappa shape index (κ1) is 17.9. The third-order valence-corrected chi connectivity index (χ3v) is 6.36. The second-order valence-corrected chi connectivity index (χ2v) is 10.2. The average molecular weight is 429 g/mol. The van der Waals surface area contributed by atoms with Gasteiger partial charge in [-0.25, -0.2) is 9.78 Å². The van der Waals surface area contributed by atoms with Gasteiger partial charge in [-0.2, -0.15) is 0 Å². The third kappa shape index (κ3) is 4.18. The Hall–Kier alpha value is -0.920. The summed E-state index contributed by atoms with van der Waals surface area (Å²) >= 11 is 6.80. The summed E-state index contributed by atoms with van der Waals surface area (Å²) in [7, 11) is 0. The lowest BCUT2D eigenvalue weighted by molar-refractivity contribution is 0.00950. The summed E-state index contributed by atoms with van der Waals surface area (Å²) in [5, 5.41) is 3.08. The number of hydrogen-bond acceptors (Lipinski definition) is 5. The molecule has 24 heavy (non-hydrogen) atoms. The number of nitrogens with zero attached hydrogens (tertiary/aromatic N) is 2. The van der Waals surface area contributed by atoms with Crippen LogP contribution in [0.5, 0.6) is 0 Å². The minimum absolute atomic E-state index is 0.0238. The fraction of sp³-hybridized carbons (Fsp3) is 0.529. The van der Waals surface area contributed by atoms with Crippen LogP contribution in [-0.2, 0) is 4.74 Å². The summed E-state index contributed by atoms with van der Waals surface area (Å²) in [6.07, 6.45) is 2.85. The number of carbonyl (C=O) groups excluding carboxylic acids is 1. The van der Waals surface area contributed by atoms with Crippen LogP contribution in [0.3, 0.4) is 0 Å². The van der Waals surface area contributed by atoms with Gasteiger partial charge in [0.15, 0.2) is 0 Å². The van der Waals surface area contributed by atoms with Crippen LogP contribution >= 0.6 is 38.6 Å². The van der Waals surface area contributed by atoms with Crippen molar-refractivity contribution in [3.05, 3.63) is 26.3 Å². The fourth-order valence-electron chi connectivity index (χ4n) is 2.73. The molecule has 0 radical (unpaired) electrons. The van der Waals surface area contributed by atoms with Gasteiger partial charge in [-0.3, -0.25) is 4.90 Å². The highest BCUT2D eigenvalue weighted by Crippen LogP contribution is 2.37. The van der Waals surface area contributed by atoms with Crippen LogP contribution in [0.1, 0.15) is 51.1 Å². The standard InChI is InChI=1S/C17H21BrN2O2S2/c1-17(2,3)22-16(21)20-9-5-4-6-12(20)15-19-11(10-23-15)13-7-8-14(18)24-13/h7-8,10,12H,4-6,9H2,1-3H3. The van der Waals surface area contributed by atoms with Gasteiger partial charge in [-0.15, -0.1) is 22.7 Å². The molecule has 1 saturated heterocycles. The molecule has 4 nitrogen and oxygen atoms in total. The summed E-state index contributed by atoms with van der Waals surface area (Å²) in [6, 6.07) is 4.13. The number of rotatable bonds is 2. The van der Waals surface area contributed by atoms with E-state index in [-0.39, 0.29) is 12.1 Å². The number of hydrogen-bond donors (Lipinski definition) is 0. The number of thiazole rings is 1. The predicted octanol–water partition coefficient (Wildman–Crippen LogP) is 6.10. The molecule has 3 heterocycles. The first-order valence-electron chi connectivity index (χ1n) is 8.04. The molecule has 0 aromatic carbocycles. The monoisotopic (exact) mass is 428 g/mol. The van der Waals surface area contributed by atoms with Crippen molar-refractivity contribution in [3.63, 3.8) is 0 Å². The van der Waals surface area contributed by atoms with Crippen molar-refractivity contribution >= 4 is 44.7 Å². The van der Waals surface area contributed by atoms with Crippen LogP contribution in [0, 0.1) is 0 Å². The molecule has 1 unspecified atom stereocenters. The van der Waals surface area contributed by atoms with Crippen molar-refractivity contribution in [2.45, 2.75) is 51.7 Å². The molecule has 1 aliphatic rings. The van der Waals surface area contributed by atoms with Crippen molar-refractivity contribution in [1.82, 2.24) is 9.88 Å². The van der Waals surface area contributed by atoms with E-state index in [0.29, 0.717) is 0 Å². The van der Waals surface area contributed by atoms with E-state index in [1.54, 1.807) is 22.7 Å². The Kier molecular flexibility index (Phi) is 5.32. The highest BCUT2D eigenvalue weighted by atomic mass is 79.9. The molecule has 7 heteroatoms.